The summed E-state index contributed by atoms with van der Waals surface area (Å²) in [4.78, 5) is 14.2. The topological polar surface area (TPSA) is 63.1 Å². The molecule has 2 amide bonds. The fourth-order valence-corrected chi connectivity index (χ4v) is 3.21. The molecule has 1 N–H and O–H groups in total. The Bertz CT molecular complexity index is 498. The predicted octanol–water partition coefficient (Wildman–Crippen LogP) is 1.73. The minimum atomic E-state index is -0.0842. The number of piperidine rings is 1. The molecule has 3 rings (SSSR count). The van der Waals surface area contributed by atoms with Crippen molar-refractivity contribution in [2.45, 2.75) is 52.1 Å². The maximum absolute atomic E-state index is 12.3. The second kappa shape index (κ2) is 5.42. The number of amides is 2. The molecule has 1 aromatic heterocycles. The van der Waals surface area contributed by atoms with Gasteiger partial charge in [0.1, 0.15) is 5.82 Å². The van der Waals surface area contributed by atoms with Gasteiger partial charge in [0.2, 0.25) is 0 Å². The zero-order valence-corrected chi connectivity index (χ0v) is 12.3. The summed E-state index contributed by atoms with van der Waals surface area (Å²) in [6.07, 6.45) is 4.44. The largest absolute Gasteiger partial charge is 0.328 e. The van der Waals surface area contributed by atoms with Crippen LogP contribution < -0.4 is 5.32 Å². The zero-order chi connectivity index (χ0) is 14.1. The van der Waals surface area contributed by atoms with Gasteiger partial charge in [0, 0.05) is 26.1 Å². The van der Waals surface area contributed by atoms with Crippen LogP contribution in [0.4, 0.5) is 4.79 Å². The molecule has 6 heteroatoms. The number of urea groups is 1. The molecule has 0 unspecified atom stereocenters. The molecule has 3 heterocycles. The Labute approximate surface area is 119 Å². The highest BCUT2D eigenvalue weighted by atomic mass is 16.2. The van der Waals surface area contributed by atoms with Crippen molar-refractivity contribution in [3.8, 4) is 0 Å². The van der Waals surface area contributed by atoms with Gasteiger partial charge in [0.05, 0.1) is 6.04 Å². The summed E-state index contributed by atoms with van der Waals surface area (Å²) < 4.78 is 2.14. The quantitative estimate of drug-likeness (QED) is 0.895. The van der Waals surface area contributed by atoms with Crippen LogP contribution in [-0.4, -0.2) is 38.8 Å². The third-order valence-electron chi connectivity index (χ3n) is 4.31. The molecule has 0 radical (unpaired) electrons. The van der Waals surface area contributed by atoms with E-state index in [2.05, 4.69) is 27.0 Å². The first kappa shape index (κ1) is 13.4. The number of likely N-dealkylation sites (tertiary alicyclic amines) is 1. The van der Waals surface area contributed by atoms with E-state index in [-0.39, 0.29) is 12.1 Å². The lowest BCUT2D eigenvalue weighted by molar-refractivity contribution is 0.166. The summed E-state index contributed by atoms with van der Waals surface area (Å²) in [6.45, 7) is 6.88. The average molecular weight is 277 g/mol. The normalized spacial score (nSPS) is 23.5. The maximum atomic E-state index is 12.3. The van der Waals surface area contributed by atoms with Gasteiger partial charge in [-0.25, -0.2) is 4.79 Å². The third-order valence-corrected chi connectivity index (χ3v) is 4.31. The standard InChI is InChI=1S/C14H23N5O/c1-10-5-3-7-18(9-10)14(20)15-11(2)13-17-16-12-6-4-8-19(12)13/h10-11H,3-9H2,1-2H3,(H,15,20)/t10-,11-/m0/s1. The lowest BCUT2D eigenvalue weighted by Gasteiger charge is -2.31. The van der Waals surface area contributed by atoms with E-state index in [1.54, 1.807) is 0 Å². The van der Waals surface area contributed by atoms with Crippen LogP contribution in [0, 0.1) is 5.92 Å². The third kappa shape index (κ3) is 2.51. The van der Waals surface area contributed by atoms with Crippen LogP contribution >= 0.6 is 0 Å². The van der Waals surface area contributed by atoms with Crippen molar-refractivity contribution in [1.82, 2.24) is 25.0 Å². The van der Waals surface area contributed by atoms with Gasteiger partial charge >= 0.3 is 6.03 Å². The SMILES string of the molecule is C[C@H]1CCCN(C(=O)N[C@@H](C)c2nnc3n2CCC3)C1. The number of rotatable bonds is 2. The second-order valence-corrected chi connectivity index (χ2v) is 6.09. The van der Waals surface area contributed by atoms with Gasteiger partial charge in [-0.15, -0.1) is 10.2 Å². The highest BCUT2D eigenvalue weighted by Gasteiger charge is 2.25. The lowest BCUT2D eigenvalue weighted by Crippen LogP contribution is -2.46. The molecule has 110 valence electrons. The van der Waals surface area contributed by atoms with E-state index in [1.807, 2.05) is 11.8 Å². The minimum absolute atomic E-state index is 0.0272. The highest BCUT2D eigenvalue weighted by molar-refractivity contribution is 5.74. The molecule has 1 saturated heterocycles. The van der Waals surface area contributed by atoms with E-state index in [9.17, 15) is 4.79 Å². The van der Waals surface area contributed by atoms with Crippen LogP contribution in [0.25, 0.3) is 0 Å². The van der Waals surface area contributed by atoms with E-state index >= 15 is 0 Å². The number of nitrogens with zero attached hydrogens (tertiary/aromatic N) is 4. The van der Waals surface area contributed by atoms with Crippen LogP contribution in [0.3, 0.4) is 0 Å². The highest BCUT2D eigenvalue weighted by Crippen LogP contribution is 2.20. The Balaban J connectivity index is 1.63. The number of hydrogen-bond acceptors (Lipinski definition) is 3. The molecule has 0 spiro atoms. The molecule has 20 heavy (non-hydrogen) atoms. The number of aromatic nitrogens is 3. The van der Waals surface area contributed by atoms with Crippen molar-refractivity contribution in [3.63, 3.8) is 0 Å². The molecule has 2 aliphatic heterocycles. The number of aryl methyl sites for hydroxylation is 1. The Morgan fingerprint density at radius 3 is 3.00 bits per heavy atom. The maximum Gasteiger partial charge on any atom is 0.317 e. The van der Waals surface area contributed by atoms with Gasteiger partial charge in [0.25, 0.3) is 0 Å². The van der Waals surface area contributed by atoms with E-state index in [4.69, 9.17) is 0 Å². The first-order valence-electron chi connectivity index (χ1n) is 7.62. The average Bonchev–Trinajstić information content (AvgIpc) is 3.00. The van der Waals surface area contributed by atoms with E-state index in [1.165, 1.54) is 6.42 Å². The number of nitrogens with one attached hydrogen (secondary N) is 1. The Morgan fingerprint density at radius 2 is 2.20 bits per heavy atom. The van der Waals surface area contributed by atoms with Crippen LogP contribution in [0.2, 0.25) is 0 Å². The number of fused-ring (bicyclic) bond motifs is 1. The first-order chi connectivity index (χ1) is 9.65. The van der Waals surface area contributed by atoms with Crippen molar-refractivity contribution in [2.24, 2.45) is 5.92 Å². The molecule has 1 aromatic rings. The molecule has 6 nitrogen and oxygen atoms in total. The molecule has 2 atom stereocenters. The van der Waals surface area contributed by atoms with Crippen molar-refractivity contribution in [3.05, 3.63) is 11.6 Å². The van der Waals surface area contributed by atoms with E-state index in [0.29, 0.717) is 5.92 Å². The molecule has 0 saturated carbocycles. The van der Waals surface area contributed by atoms with Crippen LogP contribution in [-0.2, 0) is 13.0 Å². The summed E-state index contributed by atoms with van der Waals surface area (Å²) in [5.74, 6) is 2.53. The summed E-state index contributed by atoms with van der Waals surface area (Å²) in [7, 11) is 0. The monoisotopic (exact) mass is 277 g/mol. The summed E-state index contributed by atoms with van der Waals surface area (Å²) in [6, 6.07) is -0.0570. The Kier molecular flexibility index (Phi) is 3.63. The van der Waals surface area contributed by atoms with Gasteiger partial charge in [-0.05, 0) is 32.1 Å². The van der Waals surface area contributed by atoms with Crippen molar-refractivity contribution >= 4 is 6.03 Å². The first-order valence-corrected chi connectivity index (χ1v) is 7.62. The van der Waals surface area contributed by atoms with Gasteiger partial charge in [-0.2, -0.15) is 0 Å². The minimum Gasteiger partial charge on any atom is -0.328 e. The van der Waals surface area contributed by atoms with Crippen LogP contribution in [0.1, 0.15) is 50.8 Å². The van der Waals surface area contributed by atoms with Crippen LogP contribution in [0.15, 0.2) is 0 Å². The van der Waals surface area contributed by atoms with Gasteiger partial charge in [0.15, 0.2) is 5.82 Å². The predicted molar refractivity (Wildman–Crippen MR) is 75.3 cm³/mol. The van der Waals surface area contributed by atoms with Crippen molar-refractivity contribution < 1.29 is 4.79 Å². The molecular formula is C14H23N5O. The van der Waals surface area contributed by atoms with E-state index in [0.717, 1.165) is 50.5 Å². The summed E-state index contributed by atoms with van der Waals surface area (Å²) in [5, 5.41) is 11.5. The smallest absolute Gasteiger partial charge is 0.317 e. The summed E-state index contributed by atoms with van der Waals surface area (Å²) in [5.41, 5.74) is 0. The lowest BCUT2D eigenvalue weighted by atomic mass is 10.0. The number of hydrogen-bond donors (Lipinski definition) is 1. The summed E-state index contributed by atoms with van der Waals surface area (Å²) >= 11 is 0. The van der Waals surface area contributed by atoms with E-state index < -0.39 is 0 Å². The molecular weight excluding hydrogens is 254 g/mol. The Hall–Kier alpha value is -1.59. The fourth-order valence-electron chi connectivity index (χ4n) is 3.21. The van der Waals surface area contributed by atoms with Crippen molar-refractivity contribution in [2.75, 3.05) is 13.1 Å². The molecule has 2 aliphatic rings. The van der Waals surface area contributed by atoms with Gasteiger partial charge < -0.3 is 14.8 Å². The fraction of sp³-hybridized carbons (Fsp3) is 0.786. The molecule has 1 fully saturated rings. The zero-order valence-electron chi connectivity index (χ0n) is 12.3. The molecule has 0 bridgehead atoms. The number of carbonyl (C=O) groups is 1. The van der Waals surface area contributed by atoms with Crippen LogP contribution in [0.5, 0.6) is 0 Å². The number of carbonyl (C=O) groups excluding carboxylic acids is 1. The Morgan fingerprint density at radius 1 is 1.35 bits per heavy atom. The van der Waals surface area contributed by atoms with Gasteiger partial charge in [-0.1, -0.05) is 6.92 Å². The second-order valence-electron chi connectivity index (χ2n) is 6.09. The van der Waals surface area contributed by atoms with Crippen molar-refractivity contribution in [1.29, 1.82) is 0 Å². The molecule has 0 aromatic carbocycles. The molecule has 0 aliphatic carbocycles. The van der Waals surface area contributed by atoms with Gasteiger partial charge in [-0.3, -0.25) is 0 Å².